The zero-order valence-corrected chi connectivity index (χ0v) is 13.1. The van der Waals surface area contributed by atoms with Gasteiger partial charge in [0.15, 0.2) is 0 Å². The van der Waals surface area contributed by atoms with Gasteiger partial charge in [0.2, 0.25) is 0 Å². The Balaban J connectivity index is 1.84. The monoisotopic (exact) mass is 294 g/mol. The van der Waals surface area contributed by atoms with Crippen LogP contribution in [0.4, 0.5) is 0 Å². The second kappa shape index (κ2) is 6.11. The maximum Gasteiger partial charge on any atom is 0.0921 e. The van der Waals surface area contributed by atoms with Crippen molar-refractivity contribution in [3.05, 3.63) is 35.4 Å². The average Bonchev–Trinajstić information content (AvgIpc) is 2.37. The Labute approximate surface area is 124 Å². The Hall–Kier alpha value is -0.120. The third-order valence-electron chi connectivity index (χ3n) is 4.41. The van der Waals surface area contributed by atoms with Crippen LogP contribution >= 0.6 is 23.5 Å². The highest BCUT2D eigenvalue weighted by molar-refractivity contribution is 8.07. The molecule has 104 valence electrons. The van der Waals surface area contributed by atoms with Crippen molar-refractivity contribution in [1.29, 1.82) is 0 Å². The van der Waals surface area contributed by atoms with Crippen molar-refractivity contribution in [3.63, 3.8) is 0 Å². The molecule has 3 heteroatoms. The van der Waals surface area contributed by atoms with Crippen molar-refractivity contribution in [2.75, 3.05) is 11.5 Å². The summed E-state index contributed by atoms with van der Waals surface area (Å²) >= 11 is 3.95. The van der Waals surface area contributed by atoms with Gasteiger partial charge in [0.25, 0.3) is 0 Å². The molecule has 3 rings (SSSR count). The van der Waals surface area contributed by atoms with Gasteiger partial charge in [-0.1, -0.05) is 37.6 Å². The minimum atomic E-state index is -0.301. The van der Waals surface area contributed by atoms with Crippen LogP contribution < -0.4 is 0 Å². The number of aliphatic hydroxyl groups excluding tert-OH is 1. The van der Waals surface area contributed by atoms with Crippen LogP contribution in [0.2, 0.25) is 0 Å². The van der Waals surface area contributed by atoms with E-state index >= 15 is 0 Å². The van der Waals surface area contributed by atoms with Gasteiger partial charge in [0.05, 0.1) is 6.10 Å². The third kappa shape index (κ3) is 2.84. The van der Waals surface area contributed by atoms with Gasteiger partial charge in [-0.2, -0.15) is 23.5 Å². The summed E-state index contributed by atoms with van der Waals surface area (Å²) < 4.78 is 0. The van der Waals surface area contributed by atoms with Crippen LogP contribution in [0.1, 0.15) is 49.3 Å². The van der Waals surface area contributed by atoms with E-state index in [1.165, 1.54) is 41.9 Å². The van der Waals surface area contributed by atoms with Gasteiger partial charge < -0.3 is 5.11 Å². The molecule has 1 aromatic rings. The Morgan fingerprint density at radius 3 is 2.58 bits per heavy atom. The van der Waals surface area contributed by atoms with E-state index in [-0.39, 0.29) is 6.10 Å². The van der Waals surface area contributed by atoms with Crippen molar-refractivity contribution >= 4 is 23.5 Å². The first-order chi connectivity index (χ1) is 9.27. The van der Waals surface area contributed by atoms with Crippen molar-refractivity contribution in [3.8, 4) is 0 Å². The molecule has 1 saturated heterocycles. The van der Waals surface area contributed by atoms with Gasteiger partial charge >= 0.3 is 0 Å². The van der Waals surface area contributed by atoms with E-state index in [4.69, 9.17) is 0 Å². The maximum atomic E-state index is 10.8. The normalized spacial score (nSPS) is 29.8. The minimum absolute atomic E-state index is 0.301. The molecule has 3 unspecified atom stereocenters. The second-order valence-corrected chi connectivity index (χ2v) is 8.38. The van der Waals surface area contributed by atoms with E-state index in [1.807, 2.05) is 23.5 Å². The summed E-state index contributed by atoms with van der Waals surface area (Å²) in [4.78, 5) is 0. The molecule has 0 bridgehead atoms. The highest BCUT2D eigenvalue weighted by atomic mass is 32.2. The number of hydrogen-bond donors (Lipinski definition) is 1. The molecule has 0 spiro atoms. The fraction of sp³-hybridized carbons (Fsp3) is 0.625. The van der Waals surface area contributed by atoms with E-state index in [1.54, 1.807) is 0 Å². The molecule has 1 heterocycles. The van der Waals surface area contributed by atoms with E-state index in [2.05, 4.69) is 31.2 Å². The topological polar surface area (TPSA) is 20.2 Å². The van der Waals surface area contributed by atoms with Crippen LogP contribution in [-0.4, -0.2) is 27.1 Å². The highest BCUT2D eigenvalue weighted by Crippen LogP contribution is 2.44. The summed E-state index contributed by atoms with van der Waals surface area (Å²) in [6, 6.07) is 8.57. The summed E-state index contributed by atoms with van der Waals surface area (Å²) in [5, 5.41) is 11.7. The van der Waals surface area contributed by atoms with Crippen LogP contribution in [0, 0.1) is 0 Å². The molecule has 3 atom stereocenters. The standard InChI is InChI=1S/C16H22OS2/c1-11-16(19-10-9-18-11)15(17)14-8-3-2-7-13(14)12-5-4-6-12/h2-3,7-8,11-12,15-17H,4-6,9-10H2,1H3. The van der Waals surface area contributed by atoms with Gasteiger partial charge in [0, 0.05) is 22.0 Å². The molecule has 1 nitrogen and oxygen atoms in total. The van der Waals surface area contributed by atoms with Crippen LogP contribution in [0.25, 0.3) is 0 Å². The summed E-state index contributed by atoms with van der Waals surface area (Å²) in [5.74, 6) is 3.09. The second-order valence-electron chi connectivity index (χ2n) is 5.61. The number of aliphatic hydroxyl groups is 1. The third-order valence-corrected chi connectivity index (χ3v) is 7.59. The lowest BCUT2D eigenvalue weighted by atomic mass is 9.77. The minimum Gasteiger partial charge on any atom is -0.387 e. The molecule has 0 aromatic heterocycles. The molecule has 0 radical (unpaired) electrons. The highest BCUT2D eigenvalue weighted by Gasteiger charge is 2.33. The predicted octanol–water partition coefficient (Wildman–Crippen LogP) is 4.22. The summed E-state index contributed by atoms with van der Waals surface area (Å²) in [7, 11) is 0. The zero-order valence-electron chi connectivity index (χ0n) is 11.4. The van der Waals surface area contributed by atoms with E-state index in [0.717, 1.165) is 0 Å². The lowest BCUT2D eigenvalue weighted by molar-refractivity contribution is 0.171. The number of hydrogen-bond acceptors (Lipinski definition) is 3. The fourth-order valence-electron chi connectivity index (χ4n) is 3.04. The van der Waals surface area contributed by atoms with Gasteiger partial charge in [-0.05, 0) is 29.9 Å². The Morgan fingerprint density at radius 1 is 1.16 bits per heavy atom. The molecule has 1 saturated carbocycles. The smallest absolute Gasteiger partial charge is 0.0921 e. The van der Waals surface area contributed by atoms with E-state index in [0.29, 0.717) is 16.4 Å². The van der Waals surface area contributed by atoms with Gasteiger partial charge in [-0.3, -0.25) is 0 Å². The van der Waals surface area contributed by atoms with Gasteiger partial charge in [-0.25, -0.2) is 0 Å². The largest absolute Gasteiger partial charge is 0.387 e. The lowest BCUT2D eigenvalue weighted by Crippen LogP contribution is -2.30. The van der Waals surface area contributed by atoms with Crippen molar-refractivity contribution < 1.29 is 5.11 Å². The molecule has 1 aliphatic heterocycles. The van der Waals surface area contributed by atoms with Crippen molar-refractivity contribution in [2.45, 2.75) is 48.7 Å². The summed E-state index contributed by atoms with van der Waals surface area (Å²) in [6.45, 7) is 2.26. The quantitative estimate of drug-likeness (QED) is 0.901. The molecular weight excluding hydrogens is 272 g/mol. The Kier molecular flexibility index (Phi) is 4.45. The lowest BCUT2D eigenvalue weighted by Gasteiger charge is -2.35. The first-order valence-electron chi connectivity index (χ1n) is 7.27. The first-order valence-corrected chi connectivity index (χ1v) is 9.37. The summed E-state index contributed by atoms with van der Waals surface area (Å²) in [5.41, 5.74) is 2.60. The van der Waals surface area contributed by atoms with Crippen LogP contribution in [0.3, 0.4) is 0 Å². The molecule has 2 aliphatic rings. The Morgan fingerprint density at radius 2 is 1.89 bits per heavy atom. The van der Waals surface area contributed by atoms with E-state index < -0.39 is 0 Å². The van der Waals surface area contributed by atoms with Crippen LogP contribution in [0.5, 0.6) is 0 Å². The molecule has 1 N–H and O–H groups in total. The fourth-order valence-corrected chi connectivity index (χ4v) is 5.87. The zero-order chi connectivity index (χ0) is 13.2. The number of rotatable bonds is 3. The molecule has 1 aromatic carbocycles. The van der Waals surface area contributed by atoms with Crippen LogP contribution in [-0.2, 0) is 0 Å². The van der Waals surface area contributed by atoms with Gasteiger partial charge in [-0.15, -0.1) is 0 Å². The number of thioether (sulfide) groups is 2. The molecular formula is C16H22OS2. The predicted molar refractivity (Wildman–Crippen MR) is 86.2 cm³/mol. The molecule has 2 fully saturated rings. The SMILES string of the molecule is CC1SCCSC1C(O)c1ccccc1C1CCC1. The Bertz CT molecular complexity index is 431. The van der Waals surface area contributed by atoms with Crippen LogP contribution in [0.15, 0.2) is 24.3 Å². The van der Waals surface area contributed by atoms with E-state index in [9.17, 15) is 5.11 Å². The van der Waals surface area contributed by atoms with Crippen molar-refractivity contribution in [1.82, 2.24) is 0 Å². The molecule has 0 amide bonds. The van der Waals surface area contributed by atoms with Gasteiger partial charge in [0.1, 0.15) is 0 Å². The van der Waals surface area contributed by atoms with Crippen molar-refractivity contribution in [2.24, 2.45) is 0 Å². The number of benzene rings is 1. The maximum absolute atomic E-state index is 10.8. The summed E-state index contributed by atoms with van der Waals surface area (Å²) in [6.07, 6.45) is 3.64. The molecule has 19 heavy (non-hydrogen) atoms. The molecule has 1 aliphatic carbocycles. The first kappa shape index (κ1) is 13.8. The average molecular weight is 294 g/mol.